The van der Waals surface area contributed by atoms with Crippen LogP contribution < -0.4 is 10.6 Å². The summed E-state index contributed by atoms with van der Waals surface area (Å²) in [5.74, 6) is -0.108. The van der Waals surface area contributed by atoms with Crippen LogP contribution in [0.3, 0.4) is 0 Å². The summed E-state index contributed by atoms with van der Waals surface area (Å²) >= 11 is 6.05. The van der Waals surface area contributed by atoms with E-state index in [-0.39, 0.29) is 17.8 Å². The van der Waals surface area contributed by atoms with Crippen LogP contribution >= 0.6 is 11.6 Å². The minimum absolute atomic E-state index is 0.00534. The van der Waals surface area contributed by atoms with Gasteiger partial charge in [0.15, 0.2) is 0 Å². The lowest BCUT2D eigenvalue weighted by Gasteiger charge is -2.20. The van der Waals surface area contributed by atoms with Gasteiger partial charge in [-0.15, -0.1) is 0 Å². The quantitative estimate of drug-likeness (QED) is 0.580. The van der Waals surface area contributed by atoms with Gasteiger partial charge in [-0.25, -0.2) is 4.79 Å². The van der Waals surface area contributed by atoms with Crippen LogP contribution in [0.15, 0.2) is 24.3 Å². The van der Waals surface area contributed by atoms with Gasteiger partial charge in [0.1, 0.15) is 5.54 Å². The molecule has 1 aromatic rings. The van der Waals surface area contributed by atoms with Gasteiger partial charge in [-0.2, -0.15) is 0 Å². The zero-order valence-electron chi connectivity index (χ0n) is 15.2. The fourth-order valence-corrected chi connectivity index (χ4v) is 4.55. The van der Waals surface area contributed by atoms with Crippen LogP contribution in [0.4, 0.5) is 4.79 Å². The summed E-state index contributed by atoms with van der Waals surface area (Å²) in [4.78, 5) is 38.7. The highest BCUT2D eigenvalue weighted by Crippen LogP contribution is 2.48. The van der Waals surface area contributed by atoms with Gasteiger partial charge in [-0.1, -0.05) is 36.6 Å². The van der Waals surface area contributed by atoms with Crippen molar-refractivity contribution < 1.29 is 14.4 Å². The molecule has 4 rings (SSSR count). The molecule has 1 saturated heterocycles. The molecule has 6 nitrogen and oxygen atoms in total. The molecule has 4 amide bonds. The van der Waals surface area contributed by atoms with Crippen molar-refractivity contribution in [3.63, 3.8) is 0 Å². The number of imide groups is 1. The van der Waals surface area contributed by atoms with E-state index in [4.69, 9.17) is 11.6 Å². The third-order valence-electron chi connectivity index (χ3n) is 6.11. The lowest BCUT2D eigenvalue weighted by atomic mass is 9.95. The molecule has 2 aliphatic carbocycles. The molecule has 1 aromatic carbocycles. The van der Waals surface area contributed by atoms with Gasteiger partial charge < -0.3 is 10.6 Å². The van der Waals surface area contributed by atoms with E-state index in [1.165, 1.54) is 4.90 Å². The monoisotopic (exact) mass is 389 g/mol. The molecule has 1 spiro atoms. The zero-order chi connectivity index (χ0) is 19.1. The lowest BCUT2D eigenvalue weighted by molar-refractivity contribution is -0.131. The standard InChI is InChI=1S/C20H24ClN3O3/c21-15-6-3-5-14(13-15)19(9-10-19)16(25)22-11-4-12-24-17(26)20(23-18(24)27)7-1-2-8-20/h3,5-6,13H,1-2,4,7-12H2,(H,22,25)(H,23,27). The Hall–Kier alpha value is -2.08. The number of hydrogen-bond acceptors (Lipinski definition) is 3. The van der Waals surface area contributed by atoms with Crippen LogP contribution in [-0.2, 0) is 15.0 Å². The van der Waals surface area contributed by atoms with Crippen molar-refractivity contribution in [2.45, 2.75) is 55.9 Å². The van der Waals surface area contributed by atoms with E-state index in [1.54, 1.807) is 6.07 Å². The van der Waals surface area contributed by atoms with E-state index in [9.17, 15) is 14.4 Å². The van der Waals surface area contributed by atoms with Crippen LogP contribution in [0.5, 0.6) is 0 Å². The summed E-state index contributed by atoms with van der Waals surface area (Å²) in [5.41, 5.74) is -0.185. The average molecular weight is 390 g/mol. The Kier molecular flexibility index (Phi) is 4.62. The second kappa shape index (κ2) is 6.82. The molecular formula is C20H24ClN3O3. The van der Waals surface area contributed by atoms with E-state index in [1.807, 2.05) is 18.2 Å². The van der Waals surface area contributed by atoms with E-state index in [2.05, 4.69) is 10.6 Å². The maximum atomic E-state index is 12.7. The van der Waals surface area contributed by atoms with Crippen molar-refractivity contribution in [1.82, 2.24) is 15.5 Å². The van der Waals surface area contributed by atoms with Gasteiger partial charge >= 0.3 is 6.03 Å². The molecule has 2 saturated carbocycles. The molecule has 0 atom stereocenters. The Morgan fingerprint density at radius 2 is 1.93 bits per heavy atom. The first-order valence-corrected chi connectivity index (χ1v) is 10.0. The number of amides is 4. The number of urea groups is 1. The van der Waals surface area contributed by atoms with E-state index >= 15 is 0 Å². The van der Waals surface area contributed by atoms with Crippen molar-refractivity contribution >= 4 is 29.4 Å². The molecule has 3 aliphatic rings. The van der Waals surface area contributed by atoms with Crippen LogP contribution in [-0.4, -0.2) is 41.4 Å². The molecule has 1 aliphatic heterocycles. The second-order valence-corrected chi connectivity index (χ2v) is 8.31. The van der Waals surface area contributed by atoms with Gasteiger partial charge in [0.2, 0.25) is 5.91 Å². The molecular weight excluding hydrogens is 366 g/mol. The van der Waals surface area contributed by atoms with Crippen LogP contribution in [0.1, 0.15) is 50.5 Å². The summed E-state index contributed by atoms with van der Waals surface area (Å²) in [6, 6.07) is 7.15. The first kappa shape index (κ1) is 18.3. The second-order valence-electron chi connectivity index (χ2n) is 7.88. The SMILES string of the molecule is O=C1NC2(CCCC2)C(=O)N1CCCNC(=O)C1(c2cccc(Cl)c2)CC1. The smallest absolute Gasteiger partial charge is 0.325 e. The average Bonchev–Trinajstić information content (AvgIpc) is 3.28. The molecule has 3 fully saturated rings. The Labute approximate surface area is 163 Å². The van der Waals surface area contributed by atoms with Crippen LogP contribution in [0.2, 0.25) is 5.02 Å². The fraction of sp³-hybridized carbons (Fsp3) is 0.550. The molecule has 0 radical (unpaired) electrons. The fourth-order valence-electron chi connectivity index (χ4n) is 4.36. The van der Waals surface area contributed by atoms with E-state index < -0.39 is 11.0 Å². The van der Waals surface area contributed by atoms with Gasteiger partial charge in [0, 0.05) is 18.1 Å². The lowest BCUT2D eigenvalue weighted by Crippen LogP contribution is -2.44. The molecule has 144 valence electrons. The Morgan fingerprint density at radius 3 is 2.59 bits per heavy atom. The summed E-state index contributed by atoms with van der Waals surface area (Å²) in [7, 11) is 0. The van der Waals surface area contributed by atoms with E-state index in [0.717, 1.165) is 44.1 Å². The third-order valence-corrected chi connectivity index (χ3v) is 6.34. The van der Waals surface area contributed by atoms with Crippen molar-refractivity contribution in [2.24, 2.45) is 0 Å². The number of benzene rings is 1. The zero-order valence-corrected chi connectivity index (χ0v) is 16.0. The van der Waals surface area contributed by atoms with Gasteiger partial charge in [0.25, 0.3) is 5.91 Å². The summed E-state index contributed by atoms with van der Waals surface area (Å²) in [6.45, 7) is 0.766. The summed E-state index contributed by atoms with van der Waals surface area (Å²) in [6.07, 6.45) is 5.58. The molecule has 1 heterocycles. The Balaban J connectivity index is 1.29. The molecule has 7 heteroatoms. The van der Waals surface area contributed by atoms with Gasteiger partial charge in [-0.05, 0) is 49.8 Å². The maximum Gasteiger partial charge on any atom is 0.325 e. The summed E-state index contributed by atoms with van der Waals surface area (Å²) in [5, 5.41) is 6.47. The normalized spacial score (nSPS) is 22.2. The van der Waals surface area contributed by atoms with Crippen molar-refractivity contribution in [3.05, 3.63) is 34.9 Å². The Bertz CT molecular complexity index is 784. The molecule has 27 heavy (non-hydrogen) atoms. The van der Waals surface area contributed by atoms with Crippen molar-refractivity contribution in [1.29, 1.82) is 0 Å². The van der Waals surface area contributed by atoms with Gasteiger partial charge in [0.05, 0.1) is 5.41 Å². The Morgan fingerprint density at radius 1 is 1.19 bits per heavy atom. The molecule has 0 aromatic heterocycles. The first-order chi connectivity index (χ1) is 13.0. The van der Waals surface area contributed by atoms with Crippen LogP contribution in [0.25, 0.3) is 0 Å². The molecule has 0 bridgehead atoms. The van der Waals surface area contributed by atoms with E-state index in [0.29, 0.717) is 24.5 Å². The minimum atomic E-state index is -0.662. The number of carbonyl (C=O) groups excluding carboxylic acids is 3. The number of hydrogen-bond donors (Lipinski definition) is 2. The number of halogens is 1. The van der Waals surface area contributed by atoms with Crippen molar-refractivity contribution in [3.8, 4) is 0 Å². The molecule has 0 unspecified atom stereocenters. The highest BCUT2D eigenvalue weighted by molar-refractivity contribution is 6.30. The molecule has 2 N–H and O–H groups in total. The highest BCUT2D eigenvalue weighted by atomic mass is 35.5. The number of nitrogens with zero attached hydrogens (tertiary/aromatic N) is 1. The topological polar surface area (TPSA) is 78.5 Å². The summed E-state index contributed by atoms with van der Waals surface area (Å²) < 4.78 is 0. The van der Waals surface area contributed by atoms with Gasteiger partial charge in [-0.3, -0.25) is 14.5 Å². The highest BCUT2D eigenvalue weighted by Gasteiger charge is 2.52. The predicted octanol–water partition coefficient (Wildman–Crippen LogP) is 2.74. The van der Waals surface area contributed by atoms with Crippen molar-refractivity contribution in [2.75, 3.05) is 13.1 Å². The predicted molar refractivity (Wildman–Crippen MR) is 101 cm³/mol. The number of carbonyl (C=O) groups is 3. The first-order valence-electron chi connectivity index (χ1n) is 9.65. The largest absolute Gasteiger partial charge is 0.355 e. The van der Waals surface area contributed by atoms with Crippen LogP contribution in [0, 0.1) is 0 Å². The number of rotatable bonds is 6. The minimum Gasteiger partial charge on any atom is -0.355 e. The maximum absolute atomic E-state index is 12.7. The third kappa shape index (κ3) is 3.20. The number of nitrogens with one attached hydrogen (secondary N) is 2.